The lowest BCUT2D eigenvalue weighted by atomic mass is 10.3. The normalized spacial score (nSPS) is 11.4. The summed E-state index contributed by atoms with van der Waals surface area (Å²) in [5.41, 5.74) is 0.664. The number of aliphatic hydroxyl groups is 1. The Morgan fingerprint density at radius 2 is 1.94 bits per heavy atom. The number of H-pyrrole nitrogens is 1. The van der Waals surface area contributed by atoms with Crippen LogP contribution in [0.1, 0.15) is 5.69 Å². The molecule has 1 heterocycles. The number of aromatic nitrogens is 1. The van der Waals surface area contributed by atoms with E-state index < -0.39 is 15.8 Å². The number of anilines is 1. The number of hydrogen-bond acceptors (Lipinski definition) is 3. The largest absolute Gasteiger partial charge is 0.390 e. The van der Waals surface area contributed by atoms with Crippen LogP contribution in [0.3, 0.4) is 0 Å². The van der Waals surface area contributed by atoms with Crippen LogP contribution in [0.15, 0.2) is 41.4 Å². The molecule has 0 aliphatic carbocycles. The third-order valence-electron chi connectivity index (χ3n) is 2.29. The number of aliphatic hydroxyl groups excluding tert-OH is 1. The van der Waals surface area contributed by atoms with E-state index in [-0.39, 0.29) is 17.2 Å². The van der Waals surface area contributed by atoms with E-state index in [9.17, 15) is 12.8 Å². The van der Waals surface area contributed by atoms with Crippen LogP contribution in [0.4, 0.5) is 10.1 Å². The Morgan fingerprint density at radius 1 is 1.28 bits per heavy atom. The van der Waals surface area contributed by atoms with E-state index in [1.807, 2.05) is 0 Å². The minimum Gasteiger partial charge on any atom is -0.390 e. The van der Waals surface area contributed by atoms with Crippen molar-refractivity contribution in [1.82, 2.24) is 4.98 Å². The average Bonchev–Trinajstić information content (AvgIpc) is 2.81. The molecule has 1 aromatic heterocycles. The summed E-state index contributed by atoms with van der Waals surface area (Å²) in [5, 5.41) is 8.85. The highest BCUT2D eigenvalue weighted by Crippen LogP contribution is 2.17. The highest BCUT2D eigenvalue weighted by atomic mass is 32.2. The highest BCUT2D eigenvalue weighted by Gasteiger charge is 2.15. The lowest BCUT2D eigenvalue weighted by Crippen LogP contribution is -2.12. The fourth-order valence-corrected chi connectivity index (χ4v) is 2.47. The van der Waals surface area contributed by atoms with Crippen LogP contribution in [0.25, 0.3) is 0 Å². The molecular formula is C11H11FN2O3S. The summed E-state index contributed by atoms with van der Waals surface area (Å²) < 4.78 is 38.8. The molecule has 0 saturated carbocycles. The standard InChI is InChI=1S/C11H11FN2O3S/c12-8-1-3-9(4-2-8)14-18(16,17)11-5-10(7-15)13-6-11/h1-6,13-15H,7H2. The van der Waals surface area contributed by atoms with Gasteiger partial charge >= 0.3 is 0 Å². The van der Waals surface area contributed by atoms with Gasteiger partial charge in [0.25, 0.3) is 10.0 Å². The second-order valence-corrected chi connectivity index (χ2v) is 5.31. The lowest BCUT2D eigenvalue weighted by molar-refractivity contribution is 0.277. The first-order valence-electron chi connectivity index (χ1n) is 5.08. The minimum absolute atomic E-state index is 0.0101. The number of rotatable bonds is 4. The quantitative estimate of drug-likeness (QED) is 0.786. The molecule has 0 fully saturated rings. The van der Waals surface area contributed by atoms with Gasteiger partial charge in [-0.15, -0.1) is 0 Å². The molecule has 1 aromatic carbocycles. The third-order valence-corrected chi connectivity index (χ3v) is 3.65. The Balaban J connectivity index is 2.24. The summed E-state index contributed by atoms with van der Waals surface area (Å²) in [6.45, 7) is -0.272. The zero-order valence-electron chi connectivity index (χ0n) is 9.22. The van der Waals surface area contributed by atoms with Crippen LogP contribution in [-0.4, -0.2) is 18.5 Å². The van der Waals surface area contributed by atoms with Crippen LogP contribution in [0, 0.1) is 5.82 Å². The smallest absolute Gasteiger partial charge is 0.263 e. The van der Waals surface area contributed by atoms with E-state index in [1.165, 1.54) is 24.4 Å². The molecule has 0 amide bonds. The van der Waals surface area contributed by atoms with Gasteiger partial charge in [-0.3, -0.25) is 4.72 Å². The van der Waals surface area contributed by atoms with Crippen LogP contribution in [0.5, 0.6) is 0 Å². The summed E-state index contributed by atoms with van der Waals surface area (Å²) in [6.07, 6.45) is 1.28. The van der Waals surface area contributed by atoms with Gasteiger partial charge in [-0.1, -0.05) is 0 Å². The molecule has 5 nitrogen and oxygen atoms in total. The Labute approximate surface area is 103 Å². The van der Waals surface area contributed by atoms with Crippen molar-refractivity contribution in [1.29, 1.82) is 0 Å². The number of aromatic amines is 1. The summed E-state index contributed by atoms with van der Waals surface area (Å²) >= 11 is 0. The van der Waals surface area contributed by atoms with Gasteiger partial charge in [-0.25, -0.2) is 12.8 Å². The van der Waals surface area contributed by atoms with Crippen molar-refractivity contribution in [3.05, 3.63) is 48.0 Å². The first-order valence-corrected chi connectivity index (χ1v) is 6.56. The molecule has 0 atom stereocenters. The zero-order valence-corrected chi connectivity index (χ0v) is 10.0. The number of benzene rings is 1. The monoisotopic (exact) mass is 270 g/mol. The van der Waals surface area contributed by atoms with Crippen LogP contribution >= 0.6 is 0 Å². The zero-order chi connectivity index (χ0) is 13.2. The summed E-state index contributed by atoms with van der Waals surface area (Å²) in [4.78, 5) is 2.64. The van der Waals surface area contributed by atoms with Crippen molar-refractivity contribution in [3.8, 4) is 0 Å². The van der Waals surface area contributed by atoms with Gasteiger partial charge in [0.05, 0.1) is 6.61 Å². The van der Waals surface area contributed by atoms with Crippen molar-refractivity contribution in [2.24, 2.45) is 0 Å². The van der Waals surface area contributed by atoms with Gasteiger partial charge in [-0.05, 0) is 30.3 Å². The van der Waals surface area contributed by atoms with E-state index in [1.54, 1.807) is 0 Å². The summed E-state index contributed by atoms with van der Waals surface area (Å²) in [7, 11) is -3.73. The molecule has 2 rings (SSSR count). The number of nitrogens with one attached hydrogen (secondary N) is 2. The van der Waals surface area contributed by atoms with E-state index in [0.717, 1.165) is 12.1 Å². The number of sulfonamides is 1. The van der Waals surface area contributed by atoms with Crippen molar-refractivity contribution in [2.75, 3.05) is 4.72 Å². The predicted molar refractivity (Wildman–Crippen MR) is 63.9 cm³/mol. The average molecular weight is 270 g/mol. The third kappa shape index (κ3) is 2.69. The van der Waals surface area contributed by atoms with Gasteiger partial charge in [0.15, 0.2) is 0 Å². The van der Waals surface area contributed by atoms with Gasteiger partial charge < -0.3 is 10.1 Å². The molecule has 3 N–H and O–H groups in total. The molecular weight excluding hydrogens is 259 g/mol. The molecule has 0 aliphatic heterocycles. The number of hydrogen-bond donors (Lipinski definition) is 3. The Morgan fingerprint density at radius 3 is 2.50 bits per heavy atom. The molecule has 18 heavy (non-hydrogen) atoms. The van der Waals surface area contributed by atoms with Crippen molar-refractivity contribution in [3.63, 3.8) is 0 Å². The highest BCUT2D eigenvalue weighted by molar-refractivity contribution is 7.92. The summed E-state index contributed by atoms with van der Waals surface area (Å²) in [6, 6.07) is 6.30. The Kier molecular flexibility index (Phi) is 3.35. The predicted octanol–water partition coefficient (Wildman–Crippen LogP) is 1.45. The van der Waals surface area contributed by atoms with E-state index in [0.29, 0.717) is 5.69 Å². The Bertz CT molecular complexity index is 635. The molecule has 7 heteroatoms. The van der Waals surface area contributed by atoms with Crippen molar-refractivity contribution in [2.45, 2.75) is 11.5 Å². The SMILES string of the molecule is O=S(=O)(Nc1ccc(F)cc1)c1c[nH]c(CO)c1. The molecule has 2 aromatic rings. The molecule has 96 valence electrons. The van der Waals surface area contributed by atoms with Crippen LogP contribution in [-0.2, 0) is 16.6 Å². The first-order chi connectivity index (χ1) is 8.51. The second kappa shape index (κ2) is 4.79. The first kappa shape index (κ1) is 12.6. The maximum Gasteiger partial charge on any atom is 0.263 e. The molecule has 0 bridgehead atoms. The fraction of sp³-hybridized carbons (Fsp3) is 0.0909. The van der Waals surface area contributed by atoms with Gasteiger partial charge in [0, 0.05) is 17.6 Å². The second-order valence-electron chi connectivity index (χ2n) is 3.63. The molecule has 0 saturated heterocycles. The minimum atomic E-state index is -3.73. The maximum absolute atomic E-state index is 12.7. The summed E-state index contributed by atoms with van der Waals surface area (Å²) in [5.74, 6) is -0.442. The fourth-order valence-electron chi connectivity index (χ4n) is 1.40. The maximum atomic E-state index is 12.7. The van der Waals surface area contributed by atoms with Crippen molar-refractivity contribution >= 4 is 15.7 Å². The number of halogens is 1. The van der Waals surface area contributed by atoms with Gasteiger partial charge in [0.2, 0.25) is 0 Å². The molecule has 0 unspecified atom stereocenters. The molecule has 0 aliphatic rings. The van der Waals surface area contributed by atoms with E-state index >= 15 is 0 Å². The van der Waals surface area contributed by atoms with Crippen molar-refractivity contribution < 1.29 is 17.9 Å². The topological polar surface area (TPSA) is 82.2 Å². The molecule has 0 radical (unpaired) electrons. The Hall–Kier alpha value is -1.86. The lowest BCUT2D eigenvalue weighted by Gasteiger charge is -2.05. The van der Waals surface area contributed by atoms with E-state index in [4.69, 9.17) is 5.11 Å². The van der Waals surface area contributed by atoms with Gasteiger partial charge in [-0.2, -0.15) is 0 Å². The van der Waals surface area contributed by atoms with Gasteiger partial charge in [0.1, 0.15) is 10.7 Å². The van der Waals surface area contributed by atoms with Crippen LogP contribution < -0.4 is 4.72 Å². The molecule has 0 spiro atoms. The van der Waals surface area contributed by atoms with Crippen LogP contribution in [0.2, 0.25) is 0 Å². The van der Waals surface area contributed by atoms with E-state index in [2.05, 4.69) is 9.71 Å².